The summed E-state index contributed by atoms with van der Waals surface area (Å²) in [4.78, 5) is 10.8. The minimum Gasteiger partial charge on any atom is -0.399 e. The zero-order valence-electron chi connectivity index (χ0n) is 10.8. The Kier molecular flexibility index (Phi) is 3.77. The van der Waals surface area contributed by atoms with Crippen LogP contribution in [0.1, 0.15) is 18.1 Å². The third kappa shape index (κ3) is 2.97. The maximum Gasteiger partial charge on any atom is 0.225 e. The molecule has 0 amide bonds. The average Bonchev–Trinajstić information content (AvgIpc) is 2.39. The maximum atomic E-state index is 5.68. The van der Waals surface area contributed by atoms with Gasteiger partial charge in [-0.1, -0.05) is 12.1 Å². The van der Waals surface area contributed by atoms with Gasteiger partial charge in [-0.15, -0.1) is 0 Å². The number of nitrogens with two attached hydrogens (primary N) is 1. The van der Waals surface area contributed by atoms with Crippen LogP contribution in [-0.2, 0) is 6.54 Å². The SMILES string of the molecule is CCN(Cc1ccc(N)cc1)c1ncc(C)cn1. The molecule has 0 aliphatic carbocycles. The Morgan fingerprint density at radius 2 is 1.72 bits per heavy atom. The molecule has 2 aromatic rings. The van der Waals surface area contributed by atoms with Gasteiger partial charge in [0.1, 0.15) is 0 Å². The minimum absolute atomic E-state index is 0.764. The first-order chi connectivity index (χ1) is 8.69. The molecule has 1 aromatic carbocycles. The summed E-state index contributed by atoms with van der Waals surface area (Å²) < 4.78 is 0. The summed E-state index contributed by atoms with van der Waals surface area (Å²) in [5.41, 5.74) is 8.74. The van der Waals surface area contributed by atoms with E-state index in [4.69, 9.17) is 5.73 Å². The molecule has 0 saturated heterocycles. The van der Waals surface area contributed by atoms with Crippen molar-refractivity contribution in [3.63, 3.8) is 0 Å². The smallest absolute Gasteiger partial charge is 0.225 e. The number of aromatic nitrogens is 2. The second-order valence-corrected chi connectivity index (χ2v) is 4.32. The number of aryl methyl sites for hydroxylation is 1. The van der Waals surface area contributed by atoms with Gasteiger partial charge >= 0.3 is 0 Å². The molecule has 18 heavy (non-hydrogen) atoms. The van der Waals surface area contributed by atoms with Crippen LogP contribution in [0, 0.1) is 6.92 Å². The van der Waals surface area contributed by atoms with Crippen molar-refractivity contribution in [1.82, 2.24) is 9.97 Å². The molecule has 0 aliphatic heterocycles. The van der Waals surface area contributed by atoms with Crippen molar-refractivity contribution < 1.29 is 0 Å². The Balaban J connectivity index is 2.14. The molecule has 4 nitrogen and oxygen atoms in total. The fourth-order valence-corrected chi connectivity index (χ4v) is 1.72. The molecule has 4 heteroatoms. The van der Waals surface area contributed by atoms with Crippen LogP contribution in [0.5, 0.6) is 0 Å². The standard InChI is InChI=1S/C14H18N4/c1-3-18(14-16-8-11(2)9-17-14)10-12-4-6-13(15)7-5-12/h4-9H,3,10,15H2,1-2H3. The molecule has 1 heterocycles. The minimum atomic E-state index is 0.764. The lowest BCUT2D eigenvalue weighted by atomic mass is 10.2. The van der Waals surface area contributed by atoms with Crippen LogP contribution in [0.15, 0.2) is 36.7 Å². The Hall–Kier alpha value is -2.10. The molecule has 0 spiro atoms. The van der Waals surface area contributed by atoms with Crippen LogP contribution in [0.3, 0.4) is 0 Å². The average molecular weight is 242 g/mol. The summed E-state index contributed by atoms with van der Waals surface area (Å²) >= 11 is 0. The first-order valence-corrected chi connectivity index (χ1v) is 6.07. The lowest BCUT2D eigenvalue weighted by Gasteiger charge is -2.20. The molecule has 0 unspecified atom stereocenters. The molecule has 0 atom stereocenters. The molecule has 0 saturated carbocycles. The van der Waals surface area contributed by atoms with Crippen molar-refractivity contribution in [1.29, 1.82) is 0 Å². The summed E-state index contributed by atoms with van der Waals surface area (Å²) in [6.45, 7) is 5.74. The van der Waals surface area contributed by atoms with Crippen LogP contribution in [0.25, 0.3) is 0 Å². The van der Waals surface area contributed by atoms with E-state index in [9.17, 15) is 0 Å². The lowest BCUT2D eigenvalue weighted by molar-refractivity contribution is 0.790. The second kappa shape index (κ2) is 5.49. The number of nitrogens with zero attached hydrogens (tertiary/aromatic N) is 3. The van der Waals surface area contributed by atoms with Crippen LogP contribution in [0.4, 0.5) is 11.6 Å². The quantitative estimate of drug-likeness (QED) is 0.836. The molecule has 1 aromatic heterocycles. The van der Waals surface area contributed by atoms with E-state index in [0.29, 0.717) is 0 Å². The Morgan fingerprint density at radius 1 is 1.11 bits per heavy atom. The van der Waals surface area contributed by atoms with Crippen LogP contribution in [0.2, 0.25) is 0 Å². The molecule has 0 aliphatic rings. The molecule has 94 valence electrons. The Bertz CT molecular complexity index is 490. The maximum absolute atomic E-state index is 5.68. The fourth-order valence-electron chi connectivity index (χ4n) is 1.72. The van der Waals surface area contributed by atoms with E-state index in [2.05, 4.69) is 21.8 Å². The van der Waals surface area contributed by atoms with Crippen molar-refractivity contribution in [3.05, 3.63) is 47.8 Å². The largest absolute Gasteiger partial charge is 0.399 e. The third-order valence-corrected chi connectivity index (χ3v) is 2.79. The van der Waals surface area contributed by atoms with Crippen molar-refractivity contribution in [2.45, 2.75) is 20.4 Å². The van der Waals surface area contributed by atoms with Gasteiger partial charge < -0.3 is 10.6 Å². The Morgan fingerprint density at radius 3 is 2.28 bits per heavy atom. The van der Waals surface area contributed by atoms with Crippen LogP contribution in [-0.4, -0.2) is 16.5 Å². The highest BCUT2D eigenvalue weighted by Crippen LogP contribution is 2.13. The zero-order valence-corrected chi connectivity index (χ0v) is 10.8. The third-order valence-electron chi connectivity index (χ3n) is 2.79. The number of anilines is 2. The van der Waals surface area contributed by atoms with E-state index in [1.807, 2.05) is 43.6 Å². The lowest BCUT2D eigenvalue weighted by Crippen LogP contribution is -2.24. The molecule has 0 radical (unpaired) electrons. The molecule has 2 N–H and O–H groups in total. The van der Waals surface area contributed by atoms with Crippen molar-refractivity contribution in [2.24, 2.45) is 0 Å². The summed E-state index contributed by atoms with van der Waals surface area (Å²) in [6.07, 6.45) is 3.68. The summed E-state index contributed by atoms with van der Waals surface area (Å²) in [7, 11) is 0. The van der Waals surface area contributed by atoms with E-state index in [-0.39, 0.29) is 0 Å². The predicted octanol–water partition coefficient (Wildman–Crippen LogP) is 2.39. The molecule has 2 rings (SSSR count). The number of hydrogen-bond donors (Lipinski definition) is 1. The van der Waals surface area contributed by atoms with Gasteiger partial charge in [0.25, 0.3) is 0 Å². The number of benzene rings is 1. The predicted molar refractivity (Wildman–Crippen MR) is 74.3 cm³/mol. The van der Waals surface area contributed by atoms with Gasteiger partial charge in [0.2, 0.25) is 5.95 Å². The molecular formula is C14H18N4. The summed E-state index contributed by atoms with van der Waals surface area (Å²) in [5, 5.41) is 0. The molecule has 0 fully saturated rings. The highest BCUT2D eigenvalue weighted by atomic mass is 15.2. The van der Waals surface area contributed by atoms with Gasteiger partial charge in [-0.25, -0.2) is 9.97 Å². The van der Waals surface area contributed by atoms with Gasteiger partial charge in [0.05, 0.1) is 0 Å². The number of rotatable bonds is 4. The van der Waals surface area contributed by atoms with Gasteiger partial charge in [0.15, 0.2) is 0 Å². The van der Waals surface area contributed by atoms with Gasteiger partial charge in [-0.05, 0) is 37.1 Å². The normalized spacial score (nSPS) is 10.3. The van der Waals surface area contributed by atoms with E-state index in [1.165, 1.54) is 5.56 Å². The van der Waals surface area contributed by atoms with Crippen molar-refractivity contribution in [2.75, 3.05) is 17.2 Å². The summed E-state index contributed by atoms with van der Waals surface area (Å²) in [5.74, 6) is 0.764. The van der Waals surface area contributed by atoms with Crippen molar-refractivity contribution >= 4 is 11.6 Å². The first-order valence-electron chi connectivity index (χ1n) is 6.07. The van der Waals surface area contributed by atoms with E-state index in [0.717, 1.165) is 30.3 Å². The van der Waals surface area contributed by atoms with Crippen LogP contribution >= 0.6 is 0 Å². The van der Waals surface area contributed by atoms with Gasteiger partial charge in [-0.3, -0.25) is 0 Å². The van der Waals surface area contributed by atoms with Crippen LogP contribution < -0.4 is 10.6 Å². The monoisotopic (exact) mass is 242 g/mol. The van der Waals surface area contributed by atoms with E-state index >= 15 is 0 Å². The Labute approximate surface area is 107 Å². The number of hydrogen-bond acceptors (Lipinski definition) is 4. The molecular weight excluding hydrogens is 224 g/mol. The van der Waals surface area contributed by atoms with E-state index in [1.54, 1.807) is 0 Å². The van der Waals surface area contributed by atoms with Gasteiger partial charge in [0, 0.05) is 31.2 Å². The summed E-state index contributed by atoms with van der Waals surface area (Å²) in [6, 6.07) is 7.90. The number of nitrogen functional groups attached to an aromatic ring is 1. The topological polar surface area (TPSA) is 55.0 Å². The van der Waals surface area contributed by atoms with Crippen molar-refractivity contribution in [3.8, 4) is 0 Å². The highest BCUT2D eigenvalue weighted by molar-refractivity contribution is 5.41. The van der Waals surface area contributed by atoms with Gasteiger partial charge in [-0.2, -0.15) is 0 Å². The van der Waals surface area contributed by atoms with E-state index < -0.39 is 0 Å². The first kappa shape index (κ1) is 12.4. The molecule has 0 bridgehead atoms. The highest BCUT2D eigenvalue weighted by Gasteiger charge is 2.07. The zero-order chi connectivity index (χ0) is 13.0. The fraction of sp³-hybridized carbons (Fsp3) is 0.286. The second-order valence-electron chi connectivity index (χ2n) is 4.32.